The van der Waals surface area contributed by atoms with E-state index in [1.807, 2.05) is 30.3 Å². The largest absolute Gasteiger partial charge is 0.394 e. The molecule has 1 aromatic heterocycles. The van der Waals surface area contributed by atoms with Gasteiger partial charge in [0.25, 0.3) is 0 Å². The Hall–Kier alpha value is -1.65. The van der Waals surface area contributed by atoms with E-state index in [2.05, 4.69) is 24.1 Å². The molecule has 1 unspecified atom stereocenters. The molecule has 1 heterocycles. The van der Waals surface area contributed by atoms with Gasteiger partial charge < -0.3 is 16.2 Å². The van der Waals surface area contributed by atoms with Gasteiger partial charge in [0, 0.05) is 11.9 Å². The predicted octanol–water partition coefficient (Wildman–Crippen LogP) is 2.12. The number of pyridine rings is 1. The number of aliphatic hydroxyl groups excluding tert-OH is 1. The number of nitrogens with zero attached hydrogens (tertiary/aromatic N) is 1. The number of hydrogen-bond donors (Lipinski definition) is 3. The van der Waals surface area contributed by atoms with Crippen molar-refractivity contribution < 1.29 is 5.11 Å². The Morgan fingerprint density at radius 3 is 2.68 bits per heavy atom. The van der Waals surface area contributed by atoms with Crippen molar-refractivity contribution in [2.45, 2.75) is 26.4 Å². The fourth-order valence-corrected chi connectivity index (χ4v) is 2.10. The molecule has 19 heavy (non-hydrogen) atoms. The summed E-state index contributed by atoms with van der Waals surface area (Å²) >= 11 is 0. The van der Waals surface area contributed by atoms with Crippen LogP contribution in [0.4, 0.5) is 5.82 Å². The average molecular weight is 259 g/mol. The van der Waals surface area contributed by atoms with Crippen molar-refractivity contribution >= 4 is 16.7 Å². The van der Waals surface area contributed by atoms with E-state index in [-0.39, 0.29) is 12.6 Å². The first-order chi connectivity index (χ1) is 9.15. The van der Waals surface area contributed by atoms with Gasteiger partial charge in [0.1, 0.15) is 5.82 Å². The maximum Gasteiger partial charge on any atom is 0.127 e. The van der Waals surface area contributed by atoms with Gasteiger partial charge in [0.05, 0.1) is 18.2 Å². The third-order valence-corrected chi connectivity index (χ3v) is 3.36. The molecule has 0 aliphatic carbocycles. The van der Waals surface area contributed by atoms with Gasteiger partial charge in [-0.05, 0) is 23.6 Å². The molecule has 4 nitrogen and oxygen atoms in total. The van der Waals surface area contributed by atoms with E-state index in [9.17, 15) is 5.11 Å². The lowest BCUT2D eigenvalue weighted by atomic mass is 10.0. The first-order valence-corrected chi connectivity index (χ1v) is 6.61. The van der Waals surface area contributed by atoms with Crippen LogP contribution >= 0.6 is 0 Å². The molecule has 4 heteroatoms. The van der Waals surface area contributed by atoms with E-state index >= 15 is 0 Å². The highest BCUT2D eigenvalue weighted by molar-refractivity contribution is 5.84. The molecule has 0 bridgehead atoms. The van der Waals surface area contributed by atoms with Crippen LogP contribution < -0.4 is 11.1 Å². The van der Waals surface area contributed by atoms with E-state index in [1.165, 1.54) is 0 Å². The summed E-state index contributed by atoms with van der Waals surface area (Å²) in [5.74, 6) is 1.10. The second kappa shape index (κ2) is 5.99. The monoisotopic (exact) mass is 259 g/mol. The maximum absolute atomic E-state index is 9.38. The summed E-state index contributed by atoms with van der Waals surface area (Å²) < 4.78 is 0. The second-order valence-electron chi connectivity index (χ2n) is 5.07. The highest BCUT2D eigenvalue weighted by atomic mass is 16.3. The standard InChI is InChI=1S/C15H21N3O/c1-10(2)14(9-19)18-15-7-11(8-16)12-5-3-4-6-13(12)17-15/h3-7,10,14,19H,8-9,16H2,1-2H3,(H,17,18). The van der Waals surface area contributed by atoms with Crippen LogP contribution in [0, 0.1) is 5.92 Å². The average Bonchev–Trinajstić information content (AvgIpc) is 2.43. The lowest BCUT2D eigenvalue weighted by molar-refractivity contribution is 0.249. The minimum absolute atomic E-state index is 0.000660. The van der Waals surface area contributed by atoms with Crippen molar-refractivity contribution in [2.24, 2.45) is 11.7 Å². The summed E-state index contributed by atoms with van der Waals surface area (Å²) in [5.41, 5.74) is 7.79. The van der Waals surface area contributed by atoms with E-state index in [1.54, 1.807) is 0 Å². The van der Waals surface area contributed by atoms with Gasteiger partial charge in [-0.15, -0.1) is 0 Å². The summed E-state index contributed by atoms with van der Waals surface area (Å²) in [5, 5.41) is 13.7. The van der Waals surface area contributed by atoms with E-state index in [0.717, 1.165) is 22.3 Å². The van der Waals surface area contributed by atoms with Crippen LogP contribution in [-0.4, -0.2) is 22.7 Å². The third kappa shape index (κ3) is 3.03. The van der Waals surface area contributed by atoms with Gasteiger partial charge in [-0.25, -0.2) is 4.98 Å². The van der Waals surface area contributed by atoms with Crippen LogP contribution in [0.15, 0.2) is 30.3 Å². The van der Waals surface area contributed by atoms with Crippen molar-refractivity contribution in [2.75, 3.05) is 11.9 Å². The number of aliphatic hydroxyl groups is 1. The minimum Gasteiger partial charge on any atom is -0.394 e. The fourth-order valence-electron chi connectivity index (χ4n) is 2.10. The molecule has 2 rings (SSSR count). The highest BCUT2D eigenvalue weighted by Gasteiger charge is 2.13. The first-order valence-electron chi connectivity index (χ1n) is 6.61. The van der Waals surface area contributed by atoms with Gasteiger partial charge in [0.15, 0.2) is 0 Å². The van der Waals surface area contributed by atoms with Crippen LogP contribution in [0.2, 0.25) is 0 Å². The number of aromatic nitrogens is 1. The van der Waals surface area contributed by atoms with E-state index in [0.29, 0.717) is 12.5 Å². The predicted molar refractivity (Wildman–Crippen MR) is 79.0 cm³/mol. The van der Waals surface area contributed by atoms with Crippen molar-refractivity contribution in [3.63, 3.8) is 0 Å². The molecule has 4 N–H and O–H groups in total. The molecule has 0 spiro atoms. The Morgan fingerprint density at radius 2 is 2.05 bits per heavy atom. The fraction of sp³-hybridized carbons (Fsp3) is 0.400. The van der Waals surface area contributed by atoms with Crippen molar-refractivity contribution in [3.8, 4) is 0 Å². The number of nitrogens with one attached hydrogen (secondary N) is 1. The van der Waals surface area contributed by atoms with Gasteiger partial charge in [-0.3, -0.25) is 0 Å². The minimum atomic E-state index is -0.000660. The zero-order valence-corrected chi connectivity index (χ0v) is 11.4. The number of nitrogens with two attached hydrogens (primary N) is 1. The molecule has 1 aromatic carbocycles. The van der Waals surface area contributed by atoms with Crippen molar-refractivity contribution in [1.82, 2.24) is 4.98 Å². The maximum atomic E-state index is 9.38. The molecule has 0 radical (unpaired) electrons. The van der Waals surface area contributed by atoms with Crippen LogP contribution in [-0.2, 0) is 6.54 Å². The van der Waals surface area contributed by atoms with Gasteiger partial charge in [0.2, 0.25) is 0 Å². The first kappa shape index (κ1) is 13.8. The molecule has 0 amide bonds. The second-order valence-corrected chi connectivity index (χ2v) is 5.07. The quantitative estimate of drug-likeness (QED) is 0.769. The SMILES string of the molecule is CC(C)C(CO)Nc1cc(CN)c2ccccc2n1. The van der Waals surface area contributed by atoms with Gasteiger partial charge in [-0.1, -0.05) is 32.0 Å². The topological polar surface area (TPSA) is 71.2 Å². The number of benzene rings is 1. The summed E-state index contributed by atoms with van der Waals surface area (Å²) in [6.45, 7) is 4.70. The Bertz CT molecular complexity index is 554. The number of rotatable bonds is 5. The lowest BCUT2D eigenvalue weighted by Gasteiger charge is -2.21. The zero-order valence-electron chi connectivity index (χ0n) is 11.4. The Balaban J connectivity index is 2.39. The number of para-hydroxylation sites is 1. The normalized spacial score (nSPS) is 12.9. The van der Waals surface area contributed by atoms with Crippen LogP contribution in [0.3, 0.4) is 0 Å². The van der Waals surface area contributed by atoms with Gasteiger partial charge >= 0.3 is 0 Å². The lowest BCUT2D eigenvalue weighted by Crippen LogP contribution is -2.29. The molecule has 0 saturated carbocycles. The number of hydrogen-bond acceptors (Lipinski definition) is 4. The number of anilines is 1. The Labute approximate surface area is 113 Å². The molecular weight excluding hydrogens is 238 g/mol. The molecular formula is C15H21N3O. The highest BCUT2D eigenvalue weighted by Crippen LogP contribution is 2.21. The third-order valence-electron chi connectivity index (χ3n) is 3.36. The Morgan fingerprint density at radius 1 is 1.32 bits per heavy atom. The molecule has 102 valence electrons. The summed E-state index contributed by atoms with van der Waals surface area (Å²) in [4.78, 5) is 4.58. The van der Waals surface area contributed by atoms with E-state index < -0.39 is 0 Å². The van der Waals surface area contributed by atoms with E-state index in [4.69, 9.17) is 5.73 Å². The van der Waals surface area contributed by atoms with Crippen molar-refractivity contribution in [3.05, 3.63) is 35.9 Å². The summed E-state index contributed by atoms with van der Waals surface area (Å²) in [6, 6.07) is 9.92. The van der Waals surface area contributed by atoms with Gasteiger partial charge in [-0.2, -0.15) is 0 Å². The molecule has 0 fully saturated rings. The summed E-state index contributed by atoms with van der Waals surface area (Å²) in [7, 11) is 0. The molecule has 0 saturated heterocycles. The van der Waals surface area contributed by atoms with Crippen LogP contribution in [0.25, 0.3) is 10.9 Å². The molecule has 0 aliphatic heterocycles. The van der Waals surface area contributed by atoms with Crippen LogP contribution in [0.1, 0.15) is 19.4 Å². The summed E-state index contributed by atoms with van der Waals surface area (Å²) in [6.07, 6.45) is 0. The number of fused-ring (bicyclic) bond motifs is 1. The van der Waals surface area contributed by atoms with Crippen molar-refractivity contribution in [1.29, 1.82) is 0 Å². The zero-order chi connectivity index (χ0) is 13.8. The molecule has 1 atom stereocenters. The molecule has 0 aliphatic rings. The molecule has 2 aromatic rings. The Kier molecular flexibility index (Phi) is 4.35. The smallest absolute Gasteiger partial charge is 0.127 e. The van der Waals surface area contributed by atoms with Crippen LogP contribution in [0.5, 0.6) is 0 Å².